The lowest BCUT2D eigenvalue weighted by Crippen LogP contribution is -2.24. The monoisotopic (exact) mass is 231 g/mol. The van der Waals surface area contributed by atoms with E-state index in [0.717, 1.165) is 24.1 Å². The van der Waals surface area contributed by atoms with Crippen LogP contribution < -0.4 is 4.90 Å². The number of aliphatic hydroxyl groups excluding tert-OH is 1. The molecule has 0 radical (unpaired) electrons. The molecule has 2 heteroatoms. The zero-order valence-corrected chi connectivity index (χ0v) is 10.9. The lowest BCUT2D eigenvalue weighted by Gasteiger charge is -2.28. The van der Waals surface area contributed by atoms with Gasteiger partial charge in [-0.05, 0) is 43.9 Å². The zero-order chi connectivity index (χ0) is 12.4. The van der Waals surface area contributed by atoms with Crippen molar-refractivity contribution >= 4 is 5.69 Å². The number of fused-ring (bicyclic) bond motifs is 1. The molecule has 1 aliphatic rings. The summed E-state index contributed by atoms with van der Waals surface area (Å²) in [5.41, 5.74) is 4.81. The number of rotatable bonds is 2. The quantitative estimate of drug-likeness (QED) is 0.791. The van der Waals surface area contributed by atoms with Gasteiger partial charge in [-0.2, -0.15) is 0 Å². The number of anilines is 1. The lowest BCUT2D eigenvalue weighted by atomic mass is 9.97. The van der Waals surface area contributed by atoms with Crippen molar-refractivity contribution in [3.8, 4) is 0 Å². The molecule has 1 unspecified atom stereocenters. The van der Waals surface area contributed by atoms with Crippen LogP contribution in [-0.4, -0.2) is 18.7 Å². The van der Waals surface area contributed by atoms with E-state index in [-0.39, 0.29) is 0 Å². The molecular weight excluding hydrogens is 210 g/mol. The highest BCUT2D eigenvalue weighted by atomic mass is 16.3. The van der Waals surface area contributed by atoms with Gasteiger partial charge in [0, 0.05) is 19.3 Å². The van der Waals surface area contributed by atoms with Crippen LogP contribution in [0.15, 0.2) is 29.8 Å². The van der Waals surface area contributed by atoms with Crippen LogP contribution in [0.5, 0.6) is 0 Å². The maximum atomic E-state index is 10.1. The molecule has 0 saturated carbocycles. The van der Waals surface area contributed by atoms with Crippen molar-refractivity contribution in [1.29, 1.82) is 0 Å². The highest BCUT2D eigenvalue weighted by Gasteiger charge is 2.15. The molecule has 2 rings (SSSR count). The fourth-order valence-electron chi connectivity index (χ4n) is 2.40. The van der Waals surface area contributed by atoms with Crippen molar-refractivity contribution < 1.29 is 5.11 Å². The van der Waals surface area contributed by atoms with Crippen LogP contribution in [0.1, 0.15) is 37.5 Å². The van der Waals surface area contributed by atoms with E-state index in [1.54, 1.807) is 0 Å². The average Bonchev–Trinajstić information content (AvgIpc) is 2.28. The zero-order valence-electron chi connectivity index (χ0n) is 10.9. The third kappa shape index (κ3) is 2.70. The van der Waals surface area contributed by atoms with Gasteiger partial charge in [-0.3, -0.25) is 0 Å². The lowest BCUT2D eigenvalue weighted by molar-refractivity contribution is 0.227. The minimum atomic E-state index is -0.475. The molecule has 17 heavy (non-hydrogen) atoms. The molecule has 0 fully saturated rings. The molecule has 0 aliphatic carbocycles. The number of aryl methyl sites for hydroxylation is 1. The number of hydrogen-bond donors (Lipinski definition) is 1. The topological polar surface area (TPSA) is 23.5 Å². The molecule has 0 bridgehead atoms. The highest BCUT2D eigenvalue weighted by molar-refractivity contribution is 5.56. The molecule has 0 amide bonds. The summed E-state index contributed by atoms with van der Waals surface area (Å²) in [6.07, 6.45) is 3.74. The third-order valence-corrected chi connectivity index (χ3v) is 3.29. The molecule has 1 aliphatic heterocycles. The van der Waals surface area contributed by atoms with Crippen LogP contribution in [-0.2, 0) is 6.42 Å². The van der Waals surface area contributed by atoms with Gasteiger partial charge in [-0.15, -0.1) is 0 Å². The van der Waals surface area contributed by atoms with Gasteiger partial charge in [0.05, 0.1) is 6.10 Å². The van der Waals surface area contributed by atoms with E-state index in [4.69, 9.17) is 0 Å². The highest BCUT2D eigenvalue weighted by Crippen LogP contribution is 2.29. The first-order chi connectivity index (χ1) is 8.08. The van der Waals surface area contributed by atoms with E-state index < -0.39 is 6.10 Å². The van der Waals surface area contributed by atoms with Crippen LogP contribution >= 0.6 is 0 Å². The number of nitrogens with zero attached hydrogens (tertiary/aromatic N) is 1. The Kier molecular flexibility index (Phi) is 3.53. The van der Waals surface area contributed by atoms with Gasteiger partial charge in [0.25, 0.3) is 0 Å². The summed E-state index contributed by atoms with van der Waals surface area (Å²) in [7, 11) is 2.13. The van der Waals surface area contributed by atoms with E-state index in [1.165, 1.54) is 17.7 Å². The van der Waals surface area contributed by atoms with Crippen LogP contribution in [0.2, 0.25) is 0 Å². The summed E-state index contributed by atoms with van der Waals surface area (Å²) < 4.78 is 0. The first kappa shape index (κ1) is 12.2. The van der Waals surface area contributed by atoms with Crippen LogP contribution in [0.4, 0.5) is 5.69 Å². The second-order valence-corrected chi connectivity index (χ2v) is 5.10. The molecule has 0 saturated heterocycles. The molecule has 92 valence electrons. The SMILES string of the molecule is CC(C)=CC(O)c1ccc2c(c1)CCCN2C. The van der Waals surface area contributed by atoms with Crippen molar-refractivity contribution in [3.05, 3.63) is 41.0 Å². The summed E-state index contributed by atoms with van der Waals surface area (Å²) in [5.74, 6) is 0. The van der Waals surface area contributed by atoms with Crippen molar-refractivity contribution in [3.63, 3.8) is 0 Å². The predicted molar refractivity (Wildman–Crippen MR) is 72.4 cm³/mol. The molecule has 0 spiro atoms. The fourth-order valence-corrected chi connectivity index (χ4v) is 2.40. The van der Waals surface area contributed by atoms with E-state index in [9.17, 15) is 5.11 Å². The third-order valence-electron chi connectivity index (χ3n) is 3.29. The molecule has 1 atom stereocenters. The van der Waals surface area contributed by atoms with Crippen LogP contribution in [0.25, 0.3) is 0 Å². The molecule has 2 nitrogen and oxygen atoms in total. The first-order valence-electron chi connectivity index (χ1n) is 6.25. The standard InChI is InChI=1S/C15H21NO/c1-11(2)9-15(17)13-6-7-14-12(10-13)5-4-8-16(14)3/h6-7,9-10,15,17H,4-5,8H2,1-3H3. The van der Waals surface area contributed by atoms with Gasteiger partial charge >= 0.3 is 0 Å². The average molecular weight is 231 g/mol. The number of allylic oxidation sites excluding steroid dienone is 1. The molecule has 1 heterocycles. The van der Waals surface area contributed by atoms with Gasteiger partial charge in [0.15, 0.2) is 0 Å². The van der Waals surface area contributed by atoms with Crippen molar-refractivity contribution in [2.45, 2.75) is 32.8 Å². The fraction of sp³-hybridized carbons (Fsp3) is 0.467. The normalized spacial score (nSPS) is 16.4. The Labute approximate surface area is 104 Å². The van der Waals surface area contributed by atoms with Gasteiger partial charge < -0.3 is 10.0 Å². The molecule has 1 aromatic carbocycles. The van der Waals surface area contributed by atoms with Crippen molar-refractivity contribution in [1.82, 2.24) is 0 Å². The Morgan fingerprint density at radius 1 is 1.41 bits per heavy atom. The van der Waals surface area contributed by atoms with Crippen LogP contribution in [0.3, 0.4) is 0 Å². The summed E-state index contributed by atoms with van der Waals surface area (Å²) in [4.78, 5) is 2.29. The first-order valence-corrected chi connectivity index (χ1v) is 6.25. The summed E-state index contributed by atoms with van der Waals surface area (Å²) in [6, 6.07) is 6.31. The van der Waals surface area contributed by atoms with Crippen molar-refractivity contribution in [2.75, 3.05) is 18.5 Å². The van der Waals surface area contributed by atoms with E-state index in [2.05, 4.69) is 24.1 Å². The maximum Gasteiger partial charge on any atom is 0.0974 e. The summed E-state index contributed by atoms with van der Waals surface area (Å²) >= 11 is 0. The maximum absolute atomic E-state index is 10.1. The number of benzene rings is 1. The van der Waals surface area contributed by atoms with E-state index in [0.29, 0.717) is 0 Å². The second kappa shape index (κ2) is 4.92. The Hall–Kier alpha value is -1.28. The number of aliphatic hydroxyl groups is 1. The minimum absolute atomic E-state index is 0.475. The Morgan fingerprint density at radius 2 is 2.18 bits per heavy atom. The Balaban J connectivity index is 2.30. The van der Waals surface area contributed by atoms with Gasteiger partial charge in [-0.25, -0.2) is 0 Å². The van der Waals surface area contributed by atoms with E-state index in [1.807, 2.05) is 26.0 Å². The molecule has 1 aromatic rings. The minimum Gasteiger partial charge on any atom is -0.384 e. The Bertz CT molecular complexity index is 433. The second-order valence-electron chi connectivity index (χ2n) is 5.10. The van der Waals surface area contributed by atoms with Crippen molar-refractivity contribution in [2.24, 2.45) is 0 Å². The molecule has 1 N–H and O–H groups in total. The number of hydrogen-bond acceptors (Lipinski definition) is 2. The van der Waals surface area contributed by atoms with Gasteiger partial charge in [-0.1, -0.05) is 23.8 Å². The predicted octanol–water partition coefficient (Wildman–Crippen LogP) is 3.07. The smallest absolute Gasteiger partial charge is 0.0974 e. The largest absolute Gasteiger partial charge is 0.384 e. The molecular formula is C15H21NO. The van der Waals surface area contributed by atoms with E-state index >= 15 is 0 Å². The summed E-state index contributed by atoms with van der Waals surface area (Å²) in [6.45, 7) is 5.15. The van der Waals surface area contributed by atoms with Crippen LogP contribution in [0, 0.1) is 0 Å². The molecule has 0 aromatic heterocycles. The summed E-state index contributed by atoms with van der Waals surface area (Å²) in [5, 5.41) is 10.1. The Morgan fingerprint density at radius 3 is 2.88 bits per heavy atom. The van der Waals surface area contributed by atoms with Gasteiger partial charge in [0.1, 0.15) is 0 Å². The van der Waals surface area contributed by atoms with Gasteiger partial charge in [0.2, 0.25) is 0 Å².